The zero-order valence-electron chi connectivity index (χ0n) is 18.8. The molecular weight excluding hydrogens is 486 g/mol. The summed E-state index contributed by atoms with van der Waals surface area (Å²) < 4.78 is 14.2. The lowest BCUT2D eigenvalue weighted by Gasteiger charge is -2.16. The number of nitrogens with one attached hydrogen (secondary N) is 1. The number of carbonyl (C=O) groups is 1. The maximum Gasteiger partial charge on any atom is 0.407 e. The lowest BCUT2D eigenvalue weighted by molar-refractivity contribution is 0.0845. The maximum atomic E-state index is 12.2. The molecule has 3 rings (SSSR count). The van der Waals surface area contributed by atoms with Gasteiger partial charge in [-0.05, 0) is 23.7 Å². The van der Waals surface area contributed by atoms with E-state index in [1.54, 1.807) is 0 Å². The summed E-state index contributed by atoms with van der Waals surface area (Å²) in [4.78, 5) is 16.9. The number of imidazole rings is 1. The van der Waals surface area contributed by atoms with Crippen LogP contribution in [-0.4, -0.2) is 30.3 Å². The fourth-order valence-corrected chi connectivity index (χ4v) is 3.95. The summed E-state index contributed by atoms with van der Waals surface area (Å²) in [5.41, 5.74) is 2.78. The van der Waals surface area contributed by atoms with Gasteiger partial charge in [-0.25, -0.2) is 9.78 Å². The van der Waals surface area contributed by atoms with Crippen LogP contribution in [0, 0.1) is 0 Å². The molecule has 0 saturated carbocycles. The Bertz CT molecular complexity index is 1000. The summed E-state index contributed by atoms with van der Waals surface area (Å²) in [5.74, 6) is 0.715. The first-order valence-corrected chi connectivity index (χ1v) is 15.1. The first-order chi connectivity index (χ1) is 15.3. The minimum atomic E-state index is -1.16. The van der Waals surface area contributed by atoms with Crippen LogP contribution in [0.1, 0.15) is 11.4 Å². The Labute approximate surface area is 199 Å². The quantitative estimate of drug-likeness (QED) is 0.263. The molecule has 6 nitrogen and oxygen atoms in total. The second kappa shape index (κ2) is 11.4. The number of carbonyl (C=O) groups excluding carboxylic acids is 1. The van der Waals surface area contributed by atoms with Crippen LogP contribution >= 0.6 is 15.9 Å². The van der Waals surface area contributed by atoms with Gasteiger partial charge in [-0.1, -0.05) is 78.0 Å². The molecule has 0 spiro atoms. The van der Waals surface area contributed by atoms with E-state index in [1.165, 1.54) is 0 Å². The zero-order valence-corrected chi connectivity index (χ0v) is 21.4. The molecule has 1 amide bonds. The highest BCUT2D eigenvalue weighted by atomic mass is 79.9. The van der Waals surface area contributed by atoms with Gasteiger partial charge in [0.05, 0.1) is 12.2 Å². The Kier molecular flexibility index (Phi) is 8.66. The van der Waals surface area contributed by atoms with Gasteiger partial charge in [0.2, 0.25) is 0 Å². The molecule has 170 valence electrons. The minimum Gasteiger partial charge on any atom is -0.445 e. The van der Waals surface area contributed by atoms with Gasteiger partial charge in [0, 0.05) is 30.9 Å². The normalized spacial score (nSPS) is 11.4. The smallest absolute Gasteiger partial charge is 0.407 e. The second-order valence-corrected chi connectivity index (χ2v) is 15.3. The summed E-state index contributed by atoms with van der Waals surface area (Å²) >= 11 is 3.46. The number of aromatic nitrogens is 2. The third kappa shape index (κ3) is 7.92. The summed E-state index contributed by atoms with van der Waals surface area (Å²) in [7, 11) is -1.16. The third-order valence-corrected chi connectivity index (χ3v) is 7.06. The molecule has 3 aromatic rings. The Morgan fingerprint density at radius 2 is 1.81 bits per heavy atom. The van der Waals surface area contributed by atoms with Gasteiger partial charge in [0.15, 0.2) is 0 Å². The summed E-state index contributed by atoms with van der Waals surface area (Å²) in [6.45, 7) is 8.57. The Morgan fingerprint density at radius 3 is 2.50 bits per heavy atom. The van der Waals surface area contributed by atoms with Gasteiger partial charge in [-0.2, -0.15) is 0 Å². The third-order valence-electron chi connectivity index (χ3n) is 4.83. The van der Waals surface area contributed by atoms with E-state index in [0.717, 1.165) is 27.3 Å². The molecule has 0 radical (unpaired) electrons. The molecule has 0 saturated heterocycles. The van der Waals surface area contributed by atoms with Crippen molar-refractivity contribution in [2.75, 3.05) is 6.61 Å². The standard InChI is InChI=1S/C24H30BrN3O3Si/c1-32(2,3)14-13-30-18-28-16-22(20-9-11-21(25)12-10-20)27-23(28)15-26-24(29)31-17-19-7-5-4-6-8-19/h4-12,16H,13-15,17-18H2,1-3H3,(H,26,29). The predicted octanol–water partition coefficient (Wildman–Crippen LogP) is 6.05. The molecule has 32 heavy (non-hydrogen) atoms. The number of halogens is 1. The topological polar surface area (TPSA) is 65.4 Å². The van der Waals surface area contributed by atoms with Crippen LogP contribution in [0.4, 0.5) is 4.79 Å². The molecule has 0 unspecified atom stereocenters. The van der Waals surface area contributed by atoms with Crippen LogP contribution in [0.5, 0.6) is 0 Å². The van der Waals surface area contributed by atoms with Crippen molar-refractivity contribution in [2.24, 2.45) is 0 Å². The number of ether oxygens (including phenoxy) is 2. The van der Waals surface area contributed by atoms with E-state index in [1.807, 2.05) is 65.4 Å². The van der Waals surface area contributed by atoms with E-state index in [0.29, 0.717) is 19.2 Å². The van der Waals surface area contributed by atoms with Gasteiger partial charge in [0.1, 0.15) is 19.2 Å². The lowest BCUT2D eigenvalue weighted by atomic mass is 10.2. The van der Waals surface area contributed by atoms with Crippen molar-refractivity contribution in [3.05, 3.63) is 76.7 Å². The minimum absolute atomic E-state index is 0.227. The van der Waals surface area contributed by atoms with Crippen LogP contribution in [-0.2, 0) is 29.4 Å². The monoisotopic (exact) mass is 515 g/mol. The van der Waals surface area contributed by atoms with Crippen LogP contribution in [0.25, 0.3) is 11.3 Å². The maximum absolute atomic E-state index is 12.2. The molecule has 1 N–H and O–H groups in total. The van der Waals surface area contributed by atoms with Crippen LogP contribution in [0.2, 0.25) is 25.7 Å². The molecule has 0 aliphatic rings. The zero-order chi connectivity index (χ0) is 23.0. The van der Waals surface area contributed by atoms with E-state index in [9.17, 15) is 4.79 Å². The summed E-state index contributed by atoms with van der Waals surface area (Å²) in [6.07, 6.45) is 1.48. The average molecular weight is 517 g/mol. The van der Waals surface area contributed by atoms with Gasteiger partial charge in [0.25, 0.3) is 0 Å². The van der Waals surface area contributed by atoms with Gasteiger partial charge < -0.3 is 19.4 Å². The van der Waals surface area contributed by atoms with E-state index in [2.05, 4.69) is 40.9 Å². The molecule has 0 aliphatic heterocycles. The number of nitrogens with zero attached hydrogens (tertiary/aromatic N) is 2. The van der Waals surface area contributed by atoms with E-state index in [4.69, 9.17) is 14.5 Å². The molecule has 0 bridgehead atoms. The molecule has 2 aromatic carbocycles. The molecule has 1 heterocycles. The van der Waals surface area contributed by atoms with Crippen molar-refractivity contribution in [3.63, 3.8) is 0 Å². The molecular formula is C24H30BrN3O3Si. The number of hydrogen-bond acceptors (Lipinski definition) is 4. The number of amides is 1. The van der Waals surface area contributed by atoms with Crippen molar-refractivity contribution >= 4 is 30.1 Å². The molecule has 8 heteroatoms. The predicted molar refractivity (Wildman–Crippen MR) is 133 cm³/mol. The highest BCUT2D eigenvalue weighted by molar-refractivity contribution is 9.10. The molecule has 0 atom stereocenters. The number of alkyl carbamates (subject to hydrolysis) is 1. The van der Waals surface area contributed by atoms with Crippen molar-refractivity contribution < 1.29 is 14.3 Å². The van der Waals surface area contributed by atoms with E-state index >= 15 is 0 Å². The fraction of sp³-hybridized carbons (Fsp3) is 0.333. The Hall–Kier alpha value is -2.42. The highest BCUT2D eigenvalue weighted by Crippen LogP contribution is 2.21. The first kappa shape index (κ1) is 24.2. The second-order valence-electron chi connectivity index (χ2n) is 8.78. The molecule has 0 fully saturated rings. The molecule has 0 aliphatic carbocycles. The van der Waals surface area contributed by atoms with Crippen molar-refractivity contribution in [2.45, 2.75) is 45.6 Å². The van der Waals surface area contributed by atoms with E-state index < -0.39 is 14.2 Å². The number of hydrogen-bond donors (Lipinski definition) is 1. The van der Waals surface area contributed by atoms with Gasteiger partial charge >= 0.3 is 6.09 Å². The van der Waals surface area contributed by atoms with Gasteiger partial charge in [-0.15, -0.1) is 0 Å². The molecule has 1 aromatic heterocycles. The fourth-order valence-electron chi connectivity index (χ4n) is 2.93. The lowest BCUT2D eigenvalue weighted by Crippen LogP contribution is -2.26. The van der Waals surface area contributed by atoms with Crippen molar-refractivity contribution in [1.82, 2.24) is 14.9 Å². The van der Waals surface area contributed by atoms with E-state index in [-0.39, 0.29) is 13.2 Å². The van der Waals surface area contributed by atoms with Crippen LogP contribution in [0.15, 0.2) is 65.3 Å². The SMILES string of the molecule is C[Si](C)(C)CCOCn1cc(-c2ccc(Br)cc2)nc1CNC(=O)OCc1ccccc1. The summed E-state index contributed by atoms with van der Waals surface area (Å²) in [6, 6.07) is 18.7. The van der Waals surface area contributed by atoms with Crippen molar-refractivity contribution in [1.29, 1.82) is 0 Å². The Balaban J connectivity index is 1.63. The largest absolute Gasteiger partial charge is 0.445 e. The van der Waals surface area contributed by atoms with Crippen LogP contribution in [0.3, 0.4) is 0 Å². The number of benzene rings is 2. The Morgan fingerprint density at radius 1 is 1.09 bits per heavy atom. The number of rotatable bonds is 10. The first-order valence-electron chi connectivity index (χ1n) is 10.6. The van der Waals surface area contributed by atoms with Crippen molar-refractivity contribution in [3.8, 4) is 11.3 Å². The highest BCUT2D eigenvalue weighted by Gasteiger charge is 2.14. The van der Waals surface area contributed by atoms with Gasteiger partial charge in [-0.3, -0.25) is 0 Å². The average Bonchev–Trinajstić information content (AvgIpc) is 3.17. The summed E-state index contributed by atoms with van der Waals surface area (Å²) in [5, 5.41) is 2.80. The van der Waals surface area contributed by atoms with Crippen LogP contribution < -0.4 is 5.32 Å².